The normalized spacial score (nSPS) is 18.1. The molecule has 86 valence electrons. The molecule has 0 spiro atoms. The third kappa shape index (κ3) is 4.37. The van der Waals surface area contributed by atoms with Crippen LogP contribution in [0.2, 0.25) is 0 Å². The highest BCUT2D eigenvalue weighted by Gasteiger charge is 2.22. The number of Topliss-reactive ketones (excluding diaryl/α,β-unsaturated/α-hetero) is 2. The van der Waals surface area contributed by atoms with Crippen molar-refractivity contribution < 1.29 is 9.59 Å². The Labute approximate surface area is 96.2 Å². The smallest absolute Gasteiger partial charge is 0.141 e. The molecule has 0 aromatic rings. The number of carbonyl (C=O) groups is 2. The molecule has 2 nitrogen and oxygen atoms in total. The Morgan fingerprint density at radius 1 is 1.13 bits per heavy atom. The van der Waals surface area contributed by atoms with Gasteiger partial charge in [0.15, 0.2) is 0 Å². The van der Waals surface area contributed by atoms with E-state index >= 15 is 0 Å². The molecule has 0 heterocycles. The first-order chi connectivity index (χ1) is 7.11. The van der Waals surface area contributed by atoms with Gasteiger partial charge in [-0.2, -0.15) is 11.8 Å². The Kier molecular flexibility index (Phi) is 5.37. The first-order valence-corrected chi connectivity index (χ1v) is 6.78. The first-order valence-electron chi connectivity index (χ1n) is 5.73. The molecular formula is C12H20O2S. The van der Waals surface area contributed by atoms with Gasteiger partial charge in [0.05, 0.1) is 5.92 Å². The molecule has 1 saturated carbocycles. The average Bonchev–Trinajstić information content (AvgIpc) is 2.18. The largest absolute Gasteiger partial charge is 0.299 e. The summed E-state index contributed by atoms with van der Waals surface area (Å²) in [6.45, 7) is 3.04. The maximum Gasteiger partial charge on any atom is 0.141 e. The number of rotatable bonds is 5. The highest BCUT2D eigenvalue weighted by molar-refractivity contribution is 7.99. The van der Waals surface area contributed by atoms with Crippen molar-refractivity contribution in [3.05, 3.63) is 0 Å². The number of thioether (sulfide) groups is 1. The van der Waals surface area contributed by atoms with Gasteiger partial charge in [-0.05, 0) is 26.7 Å². The van der Waals surface area contributed by atoms with Crippen molar-refractivity contribution in [1.82, 2.24) is 0 Å². The van der Waals surface area contributed by atoms with E-state index in [1.807, 2.05) is 11.8 Å². The van der Waals surface area contributed by atoms with E-state index in [-0.39, 0.29) is 17.5 Å². The van der Waals surface area contributed by atoms with Crippen molar-refractivity contribution in [2.24, 2.45) is 5.92 Å². The minimum Gasteiger partial charge on any atom is -0.299 e. The van der Waals surface area contributed by atoms with Crippen LogP contribution < -0.4 is 0 Å². The second-order valence-corrected chi connectivity index (χ2v) is 5.70. The van der Waals surface area contributed by atoms with Gasteiger partial charge in [-0.1, -0.05) is 19.3 Å². The fourth-order valence-corrected chi connectivity index (χ4v) is 3.59. The van der Waals surface area contributed by atoms with Crippen LogP contribution in [0.5, 0.6) is 0 Å². The lowest BCUT2D eigenvalue weighted by molar-refractivity contribution is -0.129. The molecule has 1 fully saturated rings. The van der Waals surface area contributed by atoms with Crippen LogP contribution >= 0.6 is 11.8 Å². The number of carbonyl (C=O) groups excluding carboxylic acids is 2. The summed E-state index contributed by atoms with van der Waals surface area (Å²) in [5, 5.41) is 0.681. The van der Waals surface area contributed by atoms with Crippen molar-refractivity contribution in [3.8, 4) is 0 Å². The molecular weight excluding hydrogens is 208 g/mol. The van der Waals surface area contributed by atoms with E-state index in [4.69, 9.17) is 0 Å². The van der Waals surface area contributed by atoms with Crippen LogP contribution in [0, 0.1) is 5.92 Å². The second-order valence-electron chi connectivity index (χ2n) is 4.37. The fraction of sp³-hybridized carbons (Fsp3) is 0.833. The molecule has 0 aromatic carbocycles. The summed E-state index contributed by atoms with van der Waals surface area (Å²) in [7, 11) is 0. The summed E-state index contributed by atoms with van der Waals surface area (Å²) in [6.07, 6.45) is 6.48. The zero-order chi connectivity index (χ0) is 11.3. The number of hydrogen-bond donors (Lipinski definition) is 0. The molecule has 1 aliphatic rings. The zero-order valence-electron chi connectivity index (χ0n) is 9.62. The van der Waals surface area contributed by atoms with Crippen molar-refractivity contribution in [1.29, 1.82) is 0 Å². The van der Waals surface area contributed by atoms with Crippen LogP contribution in [0.4, 0.5) is 0 Å². The van der Waals surface area contributed by atoms with Gasteiger partial charge in [-0.25, -0.2) is 0 Å². The van der Waals surface area contributed by atoms with Crippen LogP contribution in [0.15, 0.2) is 0 Å². The van der Waals surface area contributed by atoms with Crippen molar-refractivity contribution in [2.75, 3.05) is 5.75 Å². The van der Waals surface area contributed by atoms with Crippen molar-refractivity contribution >= 4 is 23.3 Å². The van der Waals surface area contributed by atoms with Gasteiger partial charge in [0.2, 0.25) is 0 Å². The molecule has 0 N–H and O–H groups in total. The third-order valence-corrected chi connectivity index (χ3v) is 4.50. The van der Waals surface area contributed by atoms with E-state index in [9.17, 15) is 9.59 Å². The van der Waals surface area contributed by atoms with Crippen LogP contribution in [0.1, 0.15) is 46.0 Å². The van der Waals surface area contributed by atoms with Crippen LogP contribution in [-0.4, -0.2) is 22.6 Å². The lowest BCUT2D eigenvalue weighted by atomic mass is 10.0. The standard InChI is InChI=1S/C12H20O2S/c1-9(13)12(10(2)14)8-15-11-6-4-3-5-7-11/h11-12H,3-8H2,1-2H3. The summed E-state index contributed by atoms with van der Waals surface area (Å²) in [6, 6.07) is 0. The minimum absolute atomic E-state index is 0.0193. The summed E-state index contributed by atoms with van der Waals surface area (Å²) in [4.78, 5) is 22.4. The molecule has 0 atom stereocenters. The molecule has 0 aromatic heterocycles. The molecule has 1 rings (SSSR count). The molecule has 0 saturated heterocycles. The molecule has 0 radical (unpaired) electrons. The van der Waals surface area contributed by atoms with Gasteiger partial charge < -0.3 is 0 Å². The maximum absolute atomic E-state index is 11.2. The van der Waals surface area contributed by atoms with Gasteiger partial charge in [0, 0.05) is 11.0 Å². The van der Waals surface area contributed by atoms with Crippen LogP contribution in [-0.2, 0) is 9.59 Å². The van der Waals surface area contributed by atoms with E-state index < -0.39 is 0 Å². The molecule has 0 bridgehead atoms. The SMILES string of the molecule is CC(=O)C(CSC1CCCCC1)C(C)=O. The zero-order valence-corrected chi connectivity index (χ0v) is 10.4. The Morgan fingerprint density at radius 2 is 1.67 bits per heavy atom. The highest BCUT2D eigenvalue weighted by atomic mass is 32.2. The summed E-state index contributed by atoms with van der Waals surface area (Å²) < 4.78 is 0. The Bertz CT molecular complexity index is 218. The highest BCUT2D eigenvalue weighted by Crippen LogP contribution is 2.29. The van der Waals surface area contributed by atoms with Gasteiger partial charge in [0.1, 0.15) is 11.6 Å². The maximum atomic E-state index is 11.2. The molecule has 3 heteroatoms. The molecule has 1 aliphatic carbocycles. The van der Waals surface area contributed by atoms with E-state index in [0.717, 1.165) is 0 Å². The van der Waals surface area contributed by atoms with Crippen molar-refractivity contribution in [2.45, 2.75) is 51.2 Å². The van der Waals surface area contributed by atoms with E-state index in [0.29, 0.717) is 11.0 Å². The van der Waals surface area contributed by atoms with Gasteiger partial charge in [0.25, 0.3) is 0 Å². The van der Waals surface area contributed by atoms with Gasteiger partial charge in [-0.3, -0.25) is 9.59 Å². The first kappa shape index (κ1) is 12.8. The Morgan fingerprint density at radius 3 is 2.13 bits per heavy atom. The second kappa shape index (κ2) is 6.31. The minimum atomic E-state index is -0.364. The van der Waals surface area contributed by atoms with E-state index in [2.05, 4.69) is 0 Å². The molecule has 15 heavy (non-hydrogen) atoms. The van der Waals surface area contributed by atoms with E-state index in [1.54, 1.807) is 0 Å². The molecule has 0 aliphatic heterocycles. The molecule has 0 unspecified atom stereocenters. The van der Waals surface area contributed by atoms with Gasteiger partial charge >= 0.3 is 0 Å². The topological polar surface area (TPSA) is 34.1 Å². The predicted molar refractivity (Wildman–Crippen MR) is 64.2 cm³/mol. The lowest BCUT2D eigenvalue weighted by Gasteiger charge is -2.22. The molecule has 0 amide bonds. The Hall–Kier alpha value is -0.310. The van der Waals surface area contributed by atoms with Crippen LogP contribution in [0.3, 0.4) is 0 Å². The Balaban J connectivity index is 2.32. The van der Waals surface area contributed by atoms with Gasteiger partial charge in [-0.15, -0.1) is 0 Å². The van der Waals surface area contributed by atoms with E-state index in [1.165, 1.54) is 46.0 Å². The summed E-state index contributed by atoms with van der Waals surface area (Å²) >= 11 is 1.82. The van der Waals surface area contributed by atoms with Crippen LogP contribution in [0.25, 0.3) is 0 Å². The summed E-state index contributed by atoms with van der Waals surface area (Å²) in [5.74, 6) is 0.364. The quantitative estimate of drug-likeness (QED) is 0.679. The number of hydrogen-bond acceptors (Lipinski definition) is 3. The van der Waals surface area contributed by atoms with Crippen molar-refractivity contribution in [3.63, 3.8) is 0 Å². The monoisotopic (exact) mass is 228 g/mol. The summed E-state index contributed by atoms with van der Waals surface area (Å²) in [5.41, 5.74) is 0. The predicted octanol–water partition coefficient (Wildman–Crippen LogP) is 2.85. The number of ketones is 2. The lowest BCUT2D eigenvalue weighted by Crippen LogP contribution is -2.23. The average molecular weight is 228 g/mol. The third-order valence-electron chi connectivity index (χ3n) is 3.03. The fourth-order valence-electron chi connectivity index (χ4n) is 1.99.